The Labute approximate surface area is 142 Å². The summed E-state index contributed by atoms with van der Waals surface area (Å²) in [7, 11) is 0. The molecular weight excluding hydrogens is 296 g/mol. The highest BCUT2D eigenvalue weighted by Crippen LogP contribution is 2.28. The Bertz CT molecular complexity index is 775. The lowest BCUT2D eigenvalue weighted by molar-refractivity contribution is 0.246. The number of nitrogens with one attached hydrogen (secondary N) is 2. The third kappa shape index (κ3) is 3.35. The van der Waals surface area contributed by atoms with Crippen molar-refractivity contribution in [2.75, 3.05) is 17.2 Å². The number of fused-ring (bicyclic) bond motifs is 1. The topological polar surface area (TPSA) is 33.3 Å². The summed E-state index contributed by atoms with van der Waals surface area (Å²) >= 11 is 0. The molecule has 0 radical (unpaired) electrons. The monoisotopic (exact) mass is 316 g/mol. The summed E-state index contributed by atoms with van der Waals surface area (Å²) in [6.07, 6.45) is 1.17. The maximum absolute atomic E-state index is 5.96. The highest BCUT2D eigenvalue weighted by atomic mass is 16.5. The summed E-state index contributed by atoms with van der Waals surface area (Å²) in [5, 5.41) is 6.85. The number of hydrogen-bond donors (Lipinski definition) is 2. The predicted octanol–water partition coefficient (Wildman–Crippen LogP) is 4.85. The zero-order valence-electron chi connectivity index (χ0n) is 13.4. The predicted molar refractivity (Wildman–Crippen MR) is 99.2 cm³/mol. The van der Waals surface area contributed by atoms with Crippen molar-refractivity contribution in [1.82, 2.24) is 0 Å². The minimum Gasteiger partial charge on any atom is -0.488 e. The molecule has 2 N–H and O–H groups in total. The van der Waals surface area contributed by atoms with Crippen LogP contribution in [0.4, 0.5) is 17.1 Å². The molecule has 1 heterocycles. The molecule has 0 aromatic heterocycles. The maximum atomic E-state index is 5.96. The number of hydrogen-bond acceptors (Lipinski definition) is 3. The van der Waals surface area contributed by atoms with Crippen LogP contribution in [-0.2, 0) is 6.42 Å². The van der Waals surface area contributed by atoms with E-state index in [-0.39, 0.29) is 6.10 Å². The van der Waals surface area contributed by atoms with E-state index in [0.29, 0.717) is 0 Å². The number of ether oxygens (including phenoxy) is 1. The molecule has 0 bridgehead atoms. The van der Waals surface area contributed by atoms with E-state index in [1.54, 1.807) is 0 Å². The lowest BCUT2D eigenvalue weighted by Gasteiger charge is -2.13. The van der Waals surface area contributed by atoms with Gasteiger partial charge in [-0.1, -0.05) is 36.4 Å². The molecule has 0 fully saturated rings. The van der Waals surface area contributed by atoms with Crippen LogP contribution >= 0.6 is 0 Å². The van der Waals surface area contributed by atoms with Crippen LogP contribution in [0, 0.1) is 0 Å². The molecular formula is C21H20N2O. The highest BCUT2D eigenvalue weighted by Gasteiger charge is 2.21. The largest absolute Gasteiger partial charge is 0.488 e. The molecule has 3 heteroatoms. The first-order chi connectivity index (χ1) is 11.9. The Morgan fingerprint density at radius 1 is 0.750 bits per heavy atom. The fourth-order valence-corrected chi connectivity index (χ4v) is 2.96. The SMILES string of the molecule is c1ccc(Nc2ccc(NCC3Cc4ccccc4O3)cc2)cc1. The molecule has 3 nitrogen and oxygen atoms in total. The van der Waals surface area contributed by atoms with Gasteiger partial charge in [0.25, 0.3) is 0 Å². The Kier molecular flexibility index (Phi) is 4.07. The fourth-order valence-electron chi connectivity index (χ4n) is 2.96. The van der Waals surface area contributed by atoms with Gasteiger partial charge < -0.3 is 15.4 Å². The second-order valence-corrected chi connectivity index (χ2v) is 6.00. The summed E-state index contributed by atoms with van der Waals surface area (Å²) in [6.45, 7) is 0.806. The summed E-state index contributed by atoms with van der Waals surface area (Å²) in [6, 6.07) is 26.8. The Hall–Kier alpha value is -2.94. The van der Waals surface area contributed by atoms with Crippen molar-refractivity contribution in [3.8, 4) is 5.75 Å². The van der Waals surface area contributed by atoms with Crippen molar-refractivity contribution >= 4 is 17.1 Å². The van der Waals surface area contributed by atoms with Crippen molar-refractivity contribution in [1.29, 1.82) is 0 Å². The highest BCUT2D eigenvalue weighted by molar-refractivity contribution is 5.62. The summed E-state index contributed by atoms with van der Waals surface area (Å²) in [5.74, 6) is 1.02. The number of benzene rings is 3. The molecule has 3 aromatic carbocycles. The van der Waals surface area contributed by atoms with Crippen LogP contribution in [0.15, 0.2) is 78.9 Å². The maximum Gasteiger partial charge on any atom is 0.123 e. The van der Waals surface area contributed by atoms with E-state index in [0.717, 1.165) is 35.8 Å². The third-order valence-corrected chi connectivity index (χ3v) is 4.20. The molecule has 1 atom stereocenters. The quantitative estimate of drug-likeness (QED) is 0.706. The molecule has 4 rings (SSSR count). The molecule has 3 aromatic rings. The van der Waals surface area contributed by atoms with Gasteiger partial charge in [-0.2, -0.15) is 0 Å². The van der Waals surface area contributed by atoms with Crippen molar-refractivity contribution in [3.05, 3.63) is 84.4 Å². The van der Waals surface area contributed by atoms with Crippen LogP contribution < -0.4 is 15.4 Å². The van der Waals surface area contributed by atoms with E-state index in [2.05, 4.69) is 59.2 Å². The number of anilines is 3. The fraction of sp³-hybridized carbons (Fsp3) is 0.143. The lowest BCUT2D eigenvalue weighted by Crippen LogP contribution is -2.23. The van der Waals surface area contributed by atoms with Crippen LogP contribution in [0.5, 0.6) is 5.75 Å². The molecule has 0 saturated carbocycles. The van der Waals surface area contributed by atoms with E-state index in [9.17, 15) is 0 Å². The minimum absolute atomic E-state index is 0.199. The van der Waals surface area contributed by atoms with E-state index in [4.69, 9.17) is 4.74 Å². The third-order valence-electron chi connectivity index (χ3n) is 4.20. The van der Waals surface area contributed by atoms with Gasteiger partial charge in [0.15, 0.2) is 0 Å². The van der Waals surface area contributed by atoms with Gasteiger partial charge in [0.1, 0.15) is 11.9 Å². The van der Waals surface area contributed by atoms with Crippen LogP contribution in [0.1, 0.15) is 5.56 Å². The van der Waals surface area contributed by atoms with Gasteiger partial charge >= 0.3 is 0 Å². The lowest BCUT2D eigenvalue weighted by atomic mass is 10.1. The number of para-hydroxylation sites is 2. The van der Waals surface area contributed by atoms with E-state index in [1.807, 2.05) is 30.3 Å². The van der Waals surface area contributed by atoms with Crippen LogP contribution in [0.2, 0.25) is 0 Å². The zero-order valence-corrected chi connectivity index (χ0v) is 13.4. The van der Waals surface area contributed by atoms with E-state index in [1.165, 1.54) is 5.56 Å². The second-order valence-electron chi connectivity index (χ2n) is 6.00. The van der Waals surface area contributed by atoms with Crippen molar-refractivity contribution in [2.24, 2.45) is 0 Å². The second kappa shape index (κ2) is 6.67. The Morgan fingerprint density at radius 2 is 1.42 bits per heavy atom. The van der Waals surface area contributed by atoms with Crippen molar-refractivity contribution in [2.45, 2.75) is 12.5 Å². The van der Waals surface area contributed by atoms with Gasteiger partial charge in [0.2, 0.25) is 0 Å². The standard InChI is InChI=1S/C21H20N2O/c1-2-7-18(8-3-1)23-19-12-10-17(11-13-19)22-15-20-14-16-6-4-5-9-21(16)24-20/h1-13,20,22-23H,14-15H2. The minimum atomic E-state index is 0.199. The molecule has 120 valence electrons. The van der Waals surface area contributed by atoms with Crippen LogP contribution in [-0.4, -0.2) is 12.6 Å². The number of rotatable bonds is 5. The average molecular weight is 316 g/mol. The van der Waals surface area contributed by atoms with Crippen LogP contribution in [0.3, 0.4) is 0 Å². The van der Waals surface area contributed by atoms with Crippen LogP contribution in [0.25, 0.3) is 0 Å². The van der Waals surface area contributed by atoms with Crippen molar-refractivity contribution < 1.29 is 4.74 Å². The van der Waals surface area contributed by atoms with Gasteiger partial charge in [-0.3, -0.25) is 0 Å². The van der Waals surface area contributed by atoms with Crippen molar-refractivity contribution in [3.63, 3.8) is 0 Å². The zero-order chi connectivity index (χ0) is 16.2. The molecule has 0 spiro atoms. The molecule has 0 saturated heterocycles. The molecule has 24 heavy (non-hydrogen) atoms. The van der Waals surface area contributed by atoms with E-state index >= 15 is 0 Å². The van der Waals surface area contributed by atoms with E-state index < -0.39 is 0 Å². The first kappa shape index (κ1) is 14.6. The molecule has 0 amide bonds. The normalized spacial score (nSPS) is 15.4. The molecule has 1 aliphatic rings. The van der Waals surface area contributed by atoms with Gasteiger partial charge in [-0.25, -0.2) is 0 Å². The van der Waals surface area contributed by atoms with Gasteiger partial charge in [0.05, 0.1) is 6.54 Å². The first-order valence-electron chi connectivity index (χ1n) is 8.27. The smallest absolute Gasteiger partial charge is 0.123 e. The molecule has 1 aliphatic heterocycles. The Morgan fingerprint density at radius 3 is 2.21 bits per heavy atom. The van der Waals surface area contributed by atoms with Gasteiger partial charge in [-0.15, -0.1) is 0 Å². The van der Waals surface area contributed by atoms with Gasteiger partial charge in [0, 0.05) is 23.5 Å². The molecule has 0 aliphatic carbocycles. The summed E-state index contributed by atoms with van der Waals surface area (Å²) in [4.78, 5) is 0. The average Bonchev–Trinajstić information content (AvgIpc) is 3.05. The Balaban J connectivity index is 1.32. The summed E-state index contributed by atoms with van der Waals surface area (Å²) in [5.41, 5.74) is 4.58. The first-order valence-corrected chi connectivity index (χ1v) is 8.27. The molecule has 1 unspecified atom stereocenters. The summed E-state index contributed by atoms with van der Waals surface area (Å²) < 4.78 is 5.96. The van der Waals surface area contributed by atoms with Gasteiger partial charge in [-0.05, 0) is 48.0 Å².